The largest absolute Gasteiger partial charge is 0.353 e. The number of benzene rings is 3. The van der Waals surface area contributed by atoms with Crippen molar-refractivity contribution in [1.82, 2.24) is 9.97 Å². The Hall–Kier alpha value is -2.82. The lowest BCUT2D eigenvalue weighted by atomic mass is 10.0. The minimum Gasteiger partial charge on any atom is -0.353 e. The molecule has 6 heteroatoms. The smallest absolute Gasteiger partial charge is 0.198 e. The number of hydrogen-bond donors (Lipinski definition) is 2. The summed E-state index contributed by atoms with van der Waals surface area (Å²) >= 11 is 13.2. The van der Waals surface area contributed by atoms with Crippen molar-refractivity contribution < 1.29 is 0 Å². The molecule has 2 heterocycles. The minimum atomic E-state index is -0.225. The van der Waals surface area contributed by atoms with Crippen LogP contribution in [0.4, 0.5) is 0 Å². The van der Waals surface area contributed by atoms with Crippen LogP contribution < -0.4 is 10.9 Å². The van der Waals surface area contributed by atoms with Crippen LogP contribution in [0.5, 0.6) is 0 Å². The first kappa shape index (κ1) is 15.4. The van der Waals surface area contributed by atoms with E-state index in [0.717, 1.165) is 0 Å². The van der Waals surface area contributed by atoms with Gasteiger partial charge in [-0.15, -0.1) is 0 Å². The van der Waals surface area contributed by atoms with Crippen molar-refractivity contribution in [2.24, 2.45) is 0 Å². The molecule has 2 N–H and O–H groups in total. The van der Waals surface area contributed by atoms with Gasteiger partial charge in [0.2, 0.25) is 0 Å². The fourth-order valence-corrected chi connectivity index (χ4v) is 4.11. The number of para-hydroxylation sites is 2. The molecule has 0 amide bonds. The maximum Gasteiger partial charge on any atom is 0.198 e. The minimum absolute atomic E-state index is 0.189. The molecule has 0 atom stereocenters. The summed E-state index contributed by atoms with van der Waals surface area (Å²) in [6.45, 7) is 0. The van der Waals surface area contributed by atoms with Crippen LogP contribution in [0.25, 0.3) is 43.6 Å². The maximum absolute atomic E-state index is 13.0. The first-order chi connectivity index (χ1) is 12.6. The van der Waals surface area contributed by atoms with Crippen LogP contribution in [-0.4, -0.2) is 9.97 Å². The molecule has 0 unspecified atom stereocenters. The number of halogens is 2. The van der Waals surface area contributed by atoms with Gasteiger partial charge in [0.1, 0.15) is 0 Å². The van der Waals surface area contributed by atoms with Crippen LogP contribution in [0, 0.1) is 0 Å². The van der Waals surface area contributed by atoms with E-state index < -0.39 is 0 Å². The quantitative estimate of drug-likeness (QED) is 0.372. The molecule has 0 saturated carbocycles. The molecule has 4 nitrogen and oxygen atoms in total. The van der Waals surface area contributed by atoms with Gasteiger partial charge in [0.15, 0.2) is 10.9 Å². The van der Waals surface area contributed by atoms with Gasteiger partial charge in [-0.3, -0.25) is 9.59 Å². The molecule has 3 aromatic carbocycles. The van der Waals surface area contributed by atoms with Crippen LogP contribution in [-0.2, 0) is 0 Å². The summed E-state index contributed by atoms with van der Waals surface area (Å²) < 4.78 is 0. The predicted molar refractivity (Wildman–Crippen MR) is 108 cm³/mol. The number of aromatic amines is 2. The van der Waals surface area contributed by atoms with Gasteiger partial charge in [-0.1, -0.05) is 47.5 Å². The molecule has 2 aromatic heterocycles. The Bertz CT molecular complexity index is 1380. The fraction of sp³-hybridized carbons (Fsp3) is 0. The van der Waals surface area contributed by atoms with Gasteiger partial charge in [-0.25, -0.2) is 0 Å². The molecule has 0 bridgehead atoms. The number of nitrogens with one attached hydrogen (secondary N) is 2. The van der Waals surface area contributed by atoms with E-state index in [9.17, 15) is 9.59 Å². The molecule has 0 spiro atoms. The van der Waals surface area contributed by atoms with E-state index in [-0.39, 0.29) is 31.7 Å². The molecular weight excluding hydrogens is 371 g/mol. The molecule has 126 valence electrons. The Morgan fingerprint density at radius 1 is 0.615 bits per heavy atom. The van der Waals surface area contributed by atoms with E-state index in [0.29, 0.717) is 32.8 Å². The summed E-state index contributed by atoms with van der Waals surface area (Å²) in [6, 6.07) is 14.2. The van der Waals surface area contributed by atoms with E-state index in [1.165, 1.54) is 0 Å². The molecule has 5 aromatic rings. The summed E-state index contributed by atoms with van der Waals surface area (Å²) in [7, 11) is 0. The van der Waals surface area contributed by atoms with Gasteiger partial charge in [-0.2, -0.15) is 0 Å². The van der Waals surface area contributed by atoms with Gasteiger partial charge in [-0.05, 0) is 24.3 Å². The molecule has 0 aliphatic carbocycles. The van der Waals surface area contributed by atoms with Crippen LogP contribution in [0.1, 0.15) is 0 Å². The second-order valence-electron chi connectivity index (χ2n) is 6.13. The standard InChI is InChI=1S/C20H10Cl2N2O2/c21-15-13-17(23-11-7-3-1-5-9(11)19(13)25)16(22)14-18(15)24-12-8-4-2-6-10(12)20(14)26/h1-8H,(H,23,25)(H,24,26). The van der Waals surface area contributed by atoms with Crippen molar-refractivity contribution in [3.63, 3.8) is 0 Å². The second-order valence-corrected chi connectivity index (χ2v) is 6.88. The highest BCUT2D eigenvalue weighted by Crippen LogP contribution is 2.35. The summed E-state index contributed by atoms with van der Waals surface area (Å²) in [5.74, 6) is 0. The van der Waals surface area contributed by atoms with Gasteiger partial charge >= 0.3 is 0 Å². The molecule has 0 aliphatic rings. The first-order valence-corrected chi connectivity index (χ1v) is 8.70. The Morgan fingerprint density at radius 2 is 1.00 bits per heavy atom. The number of aromatic nitrogens is 2. The predicted octanol–water partition coefficient (Wildman–Crippen LogP) is 4.98. The summed E-state index contributed by atoms with van der Waals surface area (Å²) in [6.07, 6.45) is 0. The monoisotopic (exact) mass is 380 g/mol. The van der Waals surface area contributed by atoms with Crippen molar-refractivity contribution in [1.29, 1.82) is 0 Å². The average molecular weight is 381 g/mol. The topological polar surface area (TPSA) is 65.7 Å². The highest BCUT2D eigenvalue weighted by molar-refractivity contribution is 6.47. The lowest BCUT2D eigenvalue weighted by Gasteiger charge is -2.11. The van der Waals surface area contributed by atoms with Gasteiger partial charge in [0.05, 0.1) is 31.9 Å². The summed E-state index contributed by atoms with van der Waals surface area (Å²) in [4.78, 5) is 32.3. The van der Waals surface area contributed by atoms with E-state index in [2.05, 4.69) is 9.97 Å². The number of H-pyrrole nitrogens is 2. The molecular formula is C20H10Cl2N2O2. The fourth-order valence-electron chi connectivity index (χ4n) is 3.47. The zero-order chi connectivity index (χ0) is 18.0. The van der Waals surface area contributed by atoms with E-state index >= 15 is 0 Å². The third-order valence-corrected chi connectivity index (χ3v) is 5.45. The lowest BCUT2D eigenvalue weighted by molar-refractivity contribution is 1.46. The van der Waals surface area contributed by atoms with Gasteiger partial charge in [0.25, 0.3) is 0 Å². The van der Waals surface area contributed by atoms with Crippen LogP contribution in [0.2, 0.25) is 10.0 Å². The molecule has 0 radical (unpaired) electrons. The molecule has 5 rings (SSSR count). The Labute approximate surface area is 156 Å². The Kier molecular flexibility index (Phi) is 3.17. The SMILES string of the molecule is O=c1c2ccccc2[nH]c2c(Cl)c3c(=O)c4ccccc4[nH]c3c(Cl)c12. The number of pyridine rings is 2. The van der Waals surface area contributed by atoms with Crippen molar-refractivity contribution >= 4 is 66.8 Å². The van der Waals surface area contributed by atoms with Crippen molar-refractivity contribution in [3.05, 3.63) is 79.0 Å². The van der Waals surface area contributed by atoms with Crippen molar-refractivity contribution in [2.45, 2.75) is 0 Å². The highest BCUT2D eigenvalue weighted by Gasteiger charge is 2.20. The second kappa shape index (κ2) is 5.34. The third kappa shape index (κ3) is 1.91. The highest BCUT2D eigenvalue weighted by atomic mass is 35.5. The zero-order valence-corrected chi connectivity index (χ0v) is 14.7. The third-order valence-electron chi connectivity index (χ3n) is 4.69. The number of hydrogen-bond acceptors (Lipinski definition) is 2. The summed E-state index contributed by atoms with van der Waals surface area (Å²) in [5, 5.41) is 1.95. The zero-order valence-electron chi connectivity index (χ0n) is 13.2. The first-order valence-electron chi connectivity index (χ1n) is 7.94. The van der Waals surface area contributed by atoms with Crippen LogP contribution in [0.3, 0.4) is 0 Å². The molecule has 0 fully saturated rings. The Morgan fingerprint density at radius 3 is 1.42 bits per heavy atom. The average Bonchev–Trinajstić information content (AvgIpc) is 2.66. The maximum atomic E-state index is 13.0. The lowest BCUT2D eigenvalue weighted by Crippen LogP contribution is -2.10. The van der Waals surface area contributed by atoms with Crippen molar-refractivity contribution in [2.75, 3.05) is 0 Å². The van der Waals surface area contributed by atoms with Gasteiger partial charge < -0.3 is 9.97 Å². The Balaban J connectivity index is 2.16. The normalized spacial score (nSPS) is 11.8. The molecule has 0 aliphatic heterocycles. The molecule has 26 heavy (non-hydrogen) atoms. The van der Waals surface area contributed by atoms with Crippen molar-refractivity contribution in [3.8, 4) is 0 Å². The van der Waals surface area contributed by atoms with E-state index in [1.807, 2.05) is 12.1 Å². The van der Waals surface area contributed by atoms with E-state index in [4.69, 9.17) is 23.2 Å². The van der Waals surface area contributed by atoms with Gasteiger partial charge in [0, 0.05) is 21.8 Å². The molecule has 0 saturated heterocycles. The van der Waals surface area contributed by atoms with Crippen LogP contribution >= 0.6 is 23.2 Å². The van der Waals surface area contributed by atoms with Crippen LogP contribution in [0.15, 0.2) is 58.1 Å². The van der Waals surface area contributed by atoms with E-state index in [1.54, 1.807) is 36.4 Å². The number of fused-ring (bicyclic) bond motifs is 4. The number of rotatable bonds is 0. The summed E-state index contributed by atoms with van der Waals surface area (Å²) in [5.41, 5.74) is 1.57.